The van der Waals surface area contributed by atoms with Crippen LogP contribution in [-0.2, 0) is 9.47 Å². The summed E-state index contributed by atoms with van der Waals surface area (Å²) < 4.78 is 11.8. The highest BCUT2D eigenvalue weighted by molar-refractivity contribution is 7.07. The summed E-state index contributed by atoms with van der Waals surface area (Å²) in [5, 5.41) is 0.907. The van der Waals surface area contributed by atoms with Crippen LogP contribution in [0.2, 0.25) is 0 Å². The van der Waals surface area contributed by atoms with Crippen LogP contribution < -0.4 is 9.88 Å². The van der Waals surface area contributed by atoms with Gasteiger partial charge in [-0.1, -0.05) is 18.7 Å². The summed E-state index contributed by atoms with van der Waals surface area (Å²) in [6.07, 6.45) is 4.94. The lowest BCUT2D eigenvalue weighted by Gasteiger charge is -2.13. The molecular weight excluding hydrogens is 246 g/mol. The molecule has 0 spiro atoms. The van der Waals surface area contributed by atoms with Crippen molar-refractivity contribution in [2.75, 3.05) is 20.3 Å². The molecular formula is C14H17NO2S. The van der Waals surface area contributed by atoms with E-state index in [0.717, 1.165) is 34.2 Å². The minimum Gasteiger partial charge on any atom is -0.499 e. The lowest BCUT2D eigenvalue weighted by atomic mass is 10.0. The second-order valence-electron chi connectivity index (χ2n) is 3.96. The van der Waals surface area contributed by atoms with Gasteiger partial charge in [-0.2, -0.15) is 0 Å². The summed E-state index contributed by atoms with van der Waals surface area (Å²) in [5.74, 6) is 0.832. The van der Waals surface area contributed by atoms with E-state index in [9.17, 15) is 0 Å². The van der Waals surface area contributed by atoms with E-state index in [1.807, 2.05) is 18.5 Å². The highest BCUT2D eigenvalue weighted by atomic mass is 32.1. The minimum absolute atomic E-state index is 0.674. The van der Waals surface area contributed by atoms with Crippen molar-refractivity contribution in [2.24, 2.45) is 0 Å². The van der Waals surface area contributed by atoms with Crippen molar-refractivity contribution in [3.63, 3.8) is 0 Å². The van der Waals surface area contributed by atoms with E-state index < -0.39 is 0 Å². The third-order valence-electron chi connectivity index (χ3n) is 2.97. The molecule has 0 aromatic carbocycles. The molecule has 2 heterocycles. The predicted octanol–water partition coefficient (Wildman–Crippen LogP) is 1.60. The number of thiazole rings is 1. The Morgan fingerprint density at radius 3 is 3.06 bits per heavy atom. The van der Waals surface area contributed by atoms with Crippen molar-refractivity contribution in [3.8, 4) is 0 Å². The van der Waals surface area contributed by atoms with Crippen LogP contribution in [0.25, 0.3) is 11.3 Å². The normalized spacial score (nSPS) is 18.9. The van der Waals surface area contributed by atoms with Gasteiger partial charge in [0.1, 0.15) is 11.1 Å². The fourth-order valence-corrected chi connectivity index (χ4v) is 2.84. The Labute approximate surface area is 111 Å². The zero-order valence-electron chi connectivity index (χ0n) is 10.7. The Bertz CT molecular complexity index is 583. The van der Waals surface area contributed by atoms with E-state index in [1.54, 1.807) is 18.4 Å². The molecule has 1 aliphatic rings. The van der Waals surface area contributed by atoms with Crippen LogP contribution in [0.1, 0.15) is 13.3 Å². The molecule has 0 bridgehead atoms. The zero-order chi connectivity index (χ0) is 13.0. The molecule has 1 aromatic rings. The molecule has 0 radical (unpaired) electrons. The first-order chi connectivity index (χ1) is 8.77. The molecule has 0 N–H and O–H groups in total. The Morgan fingerprint density at radius 1 is 1.61 bits per heavy atom. The van der Waals surface area contributed by atoms with Gasteiger partial charge in [0.2, 0.25) is 0 Å². The number of allylic oxidation sites excluding steroid dienone is 1. The van der Waals surface area contributed by atoms with Crippen molar-refractivity contribution in [1.29, 1.82) is 0 Å². The van der Waals surface area contributed by atoms with Crippen molar-refractivity contribution < 1.29 is 9.47 Å². The molecule has 0 saturated heterocycles. The quantitative estimate of drug-likeness (QED) is 0.830. The number of ether oxygens (including phenoxy) is 2. The summed E-state index contributed by atoms with van der Waals surface area (Å²) in [4.78, 5) is 4.38. The number of rotatable bonds is 3. The monoisotopic (exact) mass is 263 g/mol. The van der Waals surface area contributed by atoms with Gasteiger partial charge >= 0.3 is 0 Å². The molecule has 0 aliphatic carbocycles. The van der Waals surface area contributed by atoms with E-state index in [1.165, 1.54) is 5.57 Å². The fourth-order valence-electron chi connectivity index (χ4n) is 1.93. The van der Waals surface area contributed by atoms with Gasteiger partial charge in [-0.3, -0.25) is 0 Å². The number of hydrogen-bond donors (Lipinski definition) is 0. The van der Waals surface area contributed by atoms with Crippen molar-refractivity contribution in [3.05, 3.63) is 39.7 Å². The fraction of sp³-hybridized carbons (Fsp3) is 0.357. The first-order valence-electron chi connectivity index (χ1n) is 5.86. The minimum atomic E-state index is 0.674. The average Bonchev–Trinajstić information content (AvgIpc) is 2.89. The summed E-state index contributed by atoms with van der Waals surface area (Å²) in [5.41, 5.74) is 4.27. The van der Waals surface area contributed by atoms with Crippen molar-refractivity contribution in [2.45, 2.75) is 13.3 Å². The summed E-state index contributed by atoms with van der Waals surface area (Å²) >= 11 is 1.62. The second-order valence-corrected chi connectivity index (χ2v) is 4.82. The molecule has 0 saturated carbocycles. The topological polar surface area (TPSA) is 31.4 Å². The molecule has 18 heavy (non-hydrogen) atoms. The molecule has 96 valence electrons. The molecule has 4 heteroatoms. The largest absolute Gasteiger partial charge is 0.499 e. The predicted molar refractivity (Wildman–Crippen MR) is 74.6 cm³/mol. The van der Waals surface area contributed by atoms with E-state index in [0.29, 0.717) is 6.61 Å². The molecule has 2 rings (SSSR count). The highest BCUT2D eigenvalue weighted by Crippen LogP contribution is 2.18. The number of nitrogens with zero attached hydrogens (tertiary/aromatic N) is 1. The van der Waals surface area contributed by atoms with Crippen LogP contribution in [0.5, 0.6) is 0 Å². The standard InChI is InChI=1S/C14H17NO2S/c1-4-12(11-5-7-17-8-6-11)14-13(10(2)16-3)15-9-18-14/h4-5,9H,1,6-8H2,2-3H3/b13-10-,14-12-. The third kappa shape index (κ3) is 2.54. The van der Waals surface area contributed by atoms with E-state index >= 15 is 0 Å². The third-order valence-corrected chi connectivity index (χ3v) is 3.82. The van der Waals surface area contributed by atoms with Crippen LogP contribution >= 0.6 is 11.3 Å². The highest BCUT2D eigenvalue weighted by Gasteiger charge is 2.09. The zero-order valence-corrected chi connectivity index (χ0v) is 11.5. The van der Waals surface area contributed by atoms with Crippen molar-refractivity contribution >= 4 is 22.7 Å². The van der Waals surface area contributed by atoms with Gasteiger partial charge in [0.25, 0.3) is 0 Å². The van der Waals surface area contributed by atoms with Crippen LogP contribution in [0.4, 0.5) is 0 Å². The lowest BCUT2D eigenvalue weighted by molar-refractivity contribution is 0.156. The number of aromatic nitrogens is 1. The van der Waals surface area contributed by atoms with Crippen LogP contribution in [-0.4, -0.2) is 25.3 Å². The molecule has 1 aromatic heterocycles. The SMILES string of the molecule is C=C/C(C1=CCOCC1)=c1/scn/c1=C(/C)OC. The average molecular weight is 263 g/mol. The van der Waals surface area contributed by atoms with E-state index in [4.69, 9.17) is 9.47 Å². The van der Waals surface area contributed by atoms with Gasteiger partial charge in [-0.15, -0.1) is 11.3 Å². The van der Waals surface area contributed by atoms with Gasteiger partial charge in [0.05, 0.1) is 30.4 Å². The summed E-state index contributed by atoms with van der Waals surface area (Å²) in [7, 11) is 1.67. The summed E-state index contributed by atoms with van der Waals surface area (Å²) in [6.45, 7) is 7.30. The van der Waals surface area contributed by atoms with Gasteiger partial charge in [-0.05, 0) is 24.5 Å². The number of hydrogen-bond acceptors (Lipinski definition) is 4. The Morgan fingerprint density at radius 2 is 2.44 bits per heavy atom. The van der Waals surface area contributed by atoms with Crippen LogP contribution in [0, 0.1) is 0 Å². The van der Waals surface area contributed by atoms with E-state index in [2.05, 4.69) is 17.6 Å². The molecule has 0 atom stereocenters. The lowest BCUT2D eigenvalue weighted by Crippen LogP contribution is -2.27. The maximum Gasteiger partial charge on any atom is 0.119 e. The first kappa shape index (κ1) is 13.1. The van der Waals surface area contributed by atoms with Crippen molar-refractivity contribution in [1.82, 2.24) is 4.98 Å². The maximum absolute atomic E-state index is 5.34. The van der Waals surface area contributed by atoms with Gasteiger partial charge < -0.3 is 9.47 Å². The molecule has 1 aliphatic heterocycles. The van der Waals surface area contributed by atoms with Gasteiger partial charge in [0.15, 0.2) is 0 Å². The maximum atomic E-state index is 5.34. The molecule has 0 fully saturated rings. The summed E-state index contributed by atoms with van der Waals surface area (Å²) in [6, 6.07) is 0. The van der Waals surface area contributed by atoms with Gasteiger partial charge in [-0.25, -0.2) is 4.98 Å². The first-order valence-corrected chi connectivity index (χ1v) is 6.74. The molecule has 3 nitrogen and oxygen atoms in total. The van der Waals surface area contributed by atoms with Crippen LogP contribution in [0.3, 0.4) is 0 Å². The second kappa shape index (κ2) is 5.98. The number of methoxy groups -OCH3 is 1. The molecule has 0 amide bonds. The molecule has 0 unspecified atom stereocenters. The van der Waals surface area contributed by atoms with E-state index in [-0.39, 0.29) is 0 Å². The Balaban J connectivity index is 2.68. The van der Waals surface area contributed by atoms with Crippen LogP contribution in [0.15, 0.2) is 29.8 Å². The Hall–Kier alpha value is -1.39. The Kier molecular flexibility index (Phi) is 4.33. The van der Waals surface area contributed by atoms with Gasteiger partial charge in [0, 0.05) is 0 Å². The smallest absolute Gasteiger partial charge is 0.119 e.